The summed E-state index contributed by atoms with van der Waals surface area (Å²) in [5.41, 5.74) is 0.671. The van der Waals surface area contributed by atoms with E-state index in [1.165, 1.54) is 0 Å². The largest absolute Gasteiger partial charge is 0.493 e. The Morgan fingerprint density at radius 2 is 2.19 bits per heavy atom. The molecule has 0 aliphatic carbocycles. The third-order valence-corrected chi connectivity index (χ3v) is 3.79. The van der Waals surface area contributed by atoms with E-state index in [0.717, 1.165) is 32.5 Å². The van der Waals surface area contributed by atoms with Crippen molar-refractivity contribution in [2.45, 2.75) is 32.8 Å². The van der Waals surface area contributed by atoms with Gasteiger partial charge in [0.05, 0.1) is 24.8 Å². The first kappa shape index (κ1) is 16.0. The summed E-state index contributed by atoms with van der Waals surface area (Å²) in [7, 11) is 0. The van der Waals surface area contributed by atoms with Crippen molar-refractivity contribution in [2.75, 3.05) is 32.8 Å². The van der Waals surface area contributed by atoms with Crippen LogP contribution in [0.5, 0.6) is 5.75 Å². The highest BCUT2D eigenvalue weighted by molar-refractivity contribution is 6.00. The molecule has 116 valence electrons. The van der Waals surface area contributed by atoms with E-state index in [1.807, 2.05) is 31.2 Å². The van der Waals surface area contributed by atoms with Gasteiger partial charge in [-0.1, -0.05) is 19.1 Å². The number of ether oxygens (including phenoxy) is 2. The van der Waals surface area contributed by atoms with Crippen LogP contribution in [-0.4, -0.2) is 49.6 Å². The van der Waals surface area contributed by atoms with Crippen LogP contribution in [0.15, 0.2) is 24.3 Å². The molecule has 1 unspecified atom stereocenters. The van der Waals surface area contributed by atoms with E-state index >= 15 is 0 Å². The summed E-state index contributed by atoms with van der Waals surface area (Å²) in [6, 6.07) is 7.47. The second kappa shape index (κ2) is 8.15. The van der Waals surface area contributed by atoms with E-state index in [4.69, 9.17) is 9.47 Å². The maximum absolute atomic E-state index is 12.5. The van der Waals surface area contributed by atoms with E-state index in [2.05, 4.69) is 11.8 Å². The van der Waals surface area contributed by atoms with Gasteiger partial charge in [0.15, 0.2) is 5.78 Å². The highest BCUT2D eigenvalue weighted by atomic mass is 16.5. The summed E-state index contributed by atoms with van der Waals surface area (Å²) in [5.74, 6) is 0.789. The summed E-state index contributed by atoms with van der Waals surface area (Å²) in [6.07, 6.45) is 2.50. The van der Waals surface area contributed by atoms with Crippen LogP contribution in [-0.2, 0) is 4.74 Å². The first-order chi connectivity index (χ1) is 10.2. The number of rotatable bonds is 8. The molecule has 1 saturated heterocycles. The van der Waals surface area contributed by atoms with Gasteiger partial charge in [-0.25, -0.2) is 0 Å². The standard InChI is InChI=1S/C17H25NO3/c1-3-18(12-14-8-7-11-21-14)13-16(19)15-9-5-6-10-17(15)20-4-2/h5-6,9-10,14H,3-4,7-8,11-13H2,1-2H3. The number of benzene rings is 1. The number of hydrogen-bond donors (Lipinski definition) is 0. The number of para-hydroxylation sites is 1. The molecular weight excluding hydrogens is 266 g/mol. The molecule has 0 amide bonds. The normalized spacial score (nSPS) is 18.1. The van der Waals surface area contributed by atoms with E-state index in [0.29, 0.717) is 24.5 Å². The second-order valence-corrected chi connectivity index (χ2v) is 5.32. The first-order valence-corrected chi connectivity index (χ1v) is 7.83. The summed E-state index contributed by atoms with van der Waals surface area (Å²) in [4.78, 5) is 14.7. The lowest BCUT2D eigenvalue weighted by atomic mass is 10.1. The number of hydrogen-bond acceptors (Lipinski definition) is 4. The van der Waals surface area contributed by atoms with Crippen molar-refractivity contribution in [3.63, 3.8) is 0 Å². The van der Waals surface area contributed by atoms with Crippen LogP contribution in [0.25, 0.3) is 0 Å². The maximum Gasteiger partial charge on any atom is 0.180 e. The summed E-state index contributed by atoms with van der Waals surface area (Å²) >= 11 is 0. The third kappa shape index (κ3) is 4.55. The van der Waals surface area contributed by atoms with E-state index in [-0.39, 0.29) is 11.9 Å². The lowest BCUT2D eigenvalue weighted by molar-refractivity contribution is 0.0685. The molecule has 1 aliphatic heterocycles. The molecule has 21 heavy (non-hydrogen) atoms. The first-order valence-electron chi connectivity index (χ1n) is 7.83. The van der Waals surface area contributed by atoms with Gasteiger partial charge in [0.2, 0.25) is 0 Å². The van der Waals surface area contributed by atoms with Gasteiger partial charge in [0.1, 0.15) is 5.75 Å². The number of carbonyl (C=O) groups excluding carboxylic acids is 1. The zero-order valence-electron chi connectivity index (χ0n) is 13.0. The average molecular weight is 291 g/mol. The van der Waals surface area contributed by atoms with Gasteiger partial charge in [-0.2, -0.15) is 0 Å². The predicted octanol–water partition coefficient (Wildman–Crippen LogP) is 2.77. The van der Waals surface area contributed by atoms with Crippen LogP contribution in [0.2, 0.25) is 0 Å². The Labute approximate surface area is 127 Å². The van der Waals surface area contributed by atoms with E-state index in [9.17, 15) is 4.79 Å². The fourth-order valence-electron chi connectivity index (χ4n) is 2.65. The quantitative estimate of drug-likeness (QED) is 0.690. The van der Waals surface area contributed by atoms with Crippen molar-refractivity contribution >= 4 is 5.78 Å². The highest BCUT2D eigenvalue weighted by Gasteiger charge is 2.21. The van der Waals surface area contributed by atoms with Gasteiger partial charge in [0.25, 0.3) is 0 Å². The Bertz CT molecular complexity index is 455. The molecule has 1 aliphatic rings. The SMILES string of the molecule is CCOc1ccccc1C(=O)CN(CC)CC1CCCO1. The molecule has 0 N–H and O–H groups in total. The Balaban J connectivity index is 1.98. The minimum Gasteiger partial charge on any atom is -0.493 e. The Hall–Kier alpha value is -1.39. The zero-order chi connectivity index (χ0) is 15.1. The minimum absolute atomic E-state index is 0.110. The highest BCUT2D eigenvalue weighted by Crippen LogP contribution is 2.19. The van der Waals surface area contributed by atoms with Crippen molar-refractivity contribution in [2.24, 2.45) is 0 Å². The minimum atomic E-state index is 0.110. The summed E-state index contributed by atoms with van der Waals surface area (Å²) < 4.78 is 11.2. The summed E-state index contributed by atoms with van der Waals surface area (Å²) in [6.45, 7) is 7.52. The lowest BCUT2D eigenvalue weighted by Crippen LogP contribution is -2.36. The molecular formula is C17H25NO3. The van der Waals surface area contributed by atoms with E-state index in [1.54, 1.807) is 0 Å². The molecule has 0 aromatic heterocycles. The van der Waals surface area contributed by atoms with Gasteiger partial charge >= 0.3 is 0 Å². The van der Waals surface area contributed by atoms with Crippen LogP contribution in [0, 0.1) is 0 Å². The Morgan fingerprint density at radius 3 is 2.86 bits per heavy atom. The van der Waals surface area contributed by atoms with Crippen molar-refractivity contribution < 1.29 is 14.3 Å². The van der Waals surface area contributed by atoms with Crippen molar-refractivity contribution in [3.05, 3.63) is 29.8 Å². The van der Waals surface area contributed by atoms with Crippen LogP contribution in [0.1, 0.15) is 37.0 Å². The molecule has 4 nitrogen and oxygen atoms in total. The topological polar surface area (TPSA) is 38.8 Å². The van der Waals surface area contributed by atoms with Crippen molar-refractivity contribution in [1.29, 1.82) is 0 Å². The van der Waals surface area contributed by atoms with Gasteiger partial charge in [-0.05, 0) is 38.4 Å². The van der Waals surface area contributed by atoms with Crippen LogP contribution in [0.3, 0.4) is 0 Å². The number of carbonyl (C=O) groups is 1. The summed E-state index contributed by atoms with van der Waals surface area (Å²) in [5, 5.41) is 0. The molecule has 0 spiro atoms. The molecule has 0 radical (unpaired) electrons. The van der Waals surface area contributed by atoms with Crippen LogP contribution < -0.4 is 4.74 Å². The molecule has 2 rings (SSSR count). The molecule has 1 atom stereocenters. The fourth-order valence-corrected chi connectivity index (χ4v) is 2.65. The lowest BCUT2D eigenvalue weighted by Gasteiger charge is -2.23. The van der Waals surface area contributed by atoms with Gasteiger partial charge in [0, 0.05) is 13.2 Å². The molecule has 0 saturated carbocycles. The second-order valence-electron chi connectivity index (χ2n) is 5.32. The molecule has 4 heteroatoms. The predicted molar refractivity (Wildman–Crippen MR) is 83.0 cm³/mol. The monoisotopic (exact) mass is 291 g/mol. The van der Waals surface area contributed by atoms with Crippen molar-refractivity contribution in [1.82, 2.24) is 4.90 Å². The smallest absolute Gasteiger partial charge is 0.180 e. The maximum atomic E-state index is 12.5. The van der Waals surface area contributed by atoms with Gasteiger partial charge in [-0.3, -0.25) is 9.69 Å². The molecule has 1 aromatic carbocycles. The van der Waals surface area contributed by atoms with Gasteiger partial charge < -0.3 is 9.47 Å². The fraction of sp³-hybridized carbons (Fsp3) is 0.588. The number of Topliss-reactive ketones (excluding diaryl/α,β-unsaturated/α-hetero) is 1. The van der Waals surface area contributed by atoms with Crippen LogP contribution in [0.4, 0.5) is 0 Å². The number of likely N-dealkylation sites (N-methyl/N-ethyl adjacent to an activating group) is 1. The van der Waals surface area contributed by atoms with E-state index < -0.39 is 0 Å². The molecule has 1 fully saturated rings. The van der Waals surface area contributed by atoms with Gasteiger partial charge in [-0.15, -0.1) is 0 Å². The Morgan fingerprint density at radius 1 is 1.38 bits per heavy atom. The molecule has 1 heterocycles. The van der Waals surface area contributed by atoms with Crippen LogP contribution >= 0.6 is 0 Å². The zero-order valence-corrected chi connectivity index (χ0v) is 13.0. The third-order valence-electron chi connectivity index (χ3n) is 3.79. The van der Waals surface area contributed by atoms with Crippen molar-refractivity contribution in [3.8, 4) is 5.75 Å². The number of ketones is 1. The molecule has 0 bridgehead atoms. The Kier molecular flexibility index (Phi) is 6.21. The molecule has 1 aromatic rings. The average Bonchev–Trinajstić information content (AvgIpc) is 3.00. The number of nitrogens with zero attached hydrogens (tertiary/aromatic N) is 1.